The molecular formula is C26H28F9N3O8. The number of pyridine rings is 2. The van der Waals surface area contributed by atoms with Gasteiger partial charge in [-0.3, -0.25) is 14.9 Å². The van der Waals surface area contributed by atoms with Gasteiger partial charge in [0.25, 0.3) is 0 Å². The summed E-state index contributed by atoms with van der Waals surface area (Å²) in [5.74, 6) is -7.67. The maximum atomic E-state index is 10.6. The van der Waals surface area contributed by atoms with Gasteiger partial charge in [0.05, 0.1) is 17.9 Å². The van der Waals surface area contributed by atoms with Crippen molar-refractivity contribution in [3.63, 3.8) is 0 Å². The van der Waals surface area contributed by atoms with Gasteiger partial charge in [0.15, 0.2) is 0 Å². The molecule has 258 valence electrons. The van der Waals surface area contributed by atoms with Crippen LogP contribution >= 0.6 is 0 Å². The van der Waals surface area contributed by atoms with Crippen molar-refractivity contribution in [2.75, 3.05) is 26.3 Å². The lowest BCUT2D eigenvalue weighted by Gasteiger charge is -2.50. The van der Waals surface area contributed by atoms with Crippen LogP contribution in [0.3, 0.4) is 0 Å². The number of carboxylic acids is 3. The third kappa shape index (κ3) is 14.8. The molecule has 1 spiro atoms. The lowest BCUT2D eigenvalue weighted by molar-refractivity contribution is -0.193. The molecule has 2 aliphatic rings. The van der Waals surface area contributed by atoms with Gasteiger partial charge in [0.2, 0.25) is 0 Å². The van der Waals surface area contributed by atoms with Crippen molar-refractivity contribution in [1.82, 2.24) is 14.9 Å². The number of likely N-dealkylation sites (tertiary alicyclic amines) is 1. The highest BCUT2D eigenvalue weighted by Gasteiger charge is 2.52. The Balaban J connectivity index is 0.000000413. The number of carbonyl (C=O) groups is 3. The van der Waals surface area contributed by atoms with Gasteiger partial charge in [-0.1, -0.05) is 12.1 Å². The van der Waals surface area contributed by atoms with Crippen LogP contribution in [-0.4, -0.2) is 98.5 Å². The Labute approximate surface area is 254 Å². The zero-order valence-electron chi connectivity index (χ0n) is 23.5. The monoisotopic (exact) mass is 681 g/mol. The molecule has 46 heavy (non-hydrogen) atoms. The Morgan fingerprint density at radius 2 is 1.41 bits per heavy atom. The van der Waals surface area contributed by atoms with Crippen molar-refractivity contribution < 1.29 is 78.7 Å². The number of rotatable bonds is 7. The van der Waals surface area contributed by atoms with Gasteiger partial charge in [0.1, 0.15) is 0 Å². The molecule has 2 aliphatic heterocycles. The molecule has 4 heterocycles. The smallest absolute Gasteiger partial charge is 0.475 e. The van der Waals surface area contributed by atoms with Crippen LogP contribution in [0.1, 0.15) is 24.1 Å². The molecule has 0 bridgehead atoms. The Hall–Kier alpha value is -4.04. The van der Waals surface area contributed by atoms with Crippen LogP contribution in [0.15, 0.2) is 48.9 Å². The second-order valence-corrected chi connectivity index (χ2v) is 9.48. The lowest BCUT2D eigenvalue weighted by atomic mass is 9.79. The van der Waals surface area contributed by atoms with Crippen molar-refractivity contribution in [2.24, 2.45) is 5.92 Å². The van der Waals surface area contributed by atoms with Crippen LogP contribution in [0.4, 0.5) is 39.5 Å². The predicted octanol–water partition coefficient (Wildman–Crippen LogP) is 4.57. The highest BCUT2D eigenvalue weighted by Crippen LogP contribution is 2.42. The maximum Gasteiger partial charge on any atom is 0.490 e. The van der Waals surface area contributed by atoms with Crippen molar-refractivity contribution in [3.8, 4) is 0 Å². The molecule has 0 saturated carbocycles. The summed E-state index contributed by atoms with van der Waals surface area (Å²) in [7, 11) is 0. The molecule has 2 fully saturated rings. The van der Waals surface area contributed by atoms with Gasteiger partial charge in [-0.15, -0.1) is 0 Å². The summed E-state index contributed by atoms with van der Waals surface area (Å²) in [6.07, 6.45) is -7.46. The van der Waals surface area contributed by atoms with Gasteiger partial charge in [-0.2, -0.15) is 39.5 Å². The summed E-state index contributed by atoms with van der Waals surface area (Å²) in [5.41, 5.74) is 2.31. The summed E-state index contributed by atoms with van der Waals surface area (Å²) in [5, 5.41) is 21.4. The third-order valence-electron chi connectivity index (χ3n) is 6.03. The molecule has 11 nitrogen and oxygen atoms in total. The first-order valence-electron chi connectivity index (χ1n) is 12.8. The Bertz CT molecular complexity index is 1170. The standard InChI is InChI=1S/C20H25N3O2.3C2HF3O2/c1-2-9-22-19(5-1)14-24-10-6-18-7-11-25-20(18)15-23(16-20)13-17-4-3-8-21-12-17;3*3-2(4,5)1(6)7/h1-5,8-9,12,18H,6-7,10-11,13-16H2;3*(H,6,7). The number of ether oxygens (including phenoxy) is 2. The molecule has 0 aromatic carbocycles. The SMILES string of the molecule is O=C(O)C(F)(F)F.O=C(O)C(F)(F)F.O=C(O)C(F)(F)F.c1ccc(COCCC2CCOC23CN(Cc2cccnc2)C3)nc1. The minimum Gasteiger partial charge on any atom is -0.475 e. The second-order valence-electron chi connectivity index (χ2n) is 9.48. The van der Waals surface area contributed by atoms with Gasteiger partial charge in [-0.25, -0.2) is 14.4 Å². The molecule has 2 aromatic heterocycles. The number of nitrogens with zero attached hydrogens (tertiary/aromatic N) is 3. The van der Waals surface area contributed by atoms with Gasteiger partial charge in [-0.05, 0) is 42.5 Å². The van der Waals surface area contributed by atoms with Gasteiger partial charge in [0, 0.05) is 51.4 Å². The van der Waals surface area contributed by atoms with E-state index in [4.69, 9.17) is 39.2 Å². The Morgan fingerprint density at radius 3 is 1.85 bits per heavy atom. The molecule has 0 amide bonds. The minimum absolute atomic E-state index is 0.0521. The number of aliphatic carboxylic acids is 3. The van der Waals surface area contributed by atoms with E-state index in [1.54, 1.807) is 0 Å². The first-order chi connectivity index (χ1) is 21.2. The second kappa shape index (κ2) is 17.6. The maximum absolute atomic E-state index is 10.6. The molecule has 0 aliphatic carbocycles. The predicted molar refractivity (Wildman–Crippen MR) is 136 cm³/mol. The van der Waals surface area contributed by atoms with Gasteiger partial charge < -0.3 is 24.8 Å². The van der Waals surface area contributed by atoms with Crippen LogP contribution in [0.5, 0.6) is 0 Å². The molecule has 20 heteroatoms. The van der Waals surface area contributed by atoms with Crippen LogP contribution in [0.2, 0.25) is 0 Å². The molecule has 2 aromatic rings. The van der Waals surface area contributed by atoms with E-state index in [1.807, 2.05) is 42.9 Å². The number of halogens is 9. The first-order valence-corrected chi connectivity index (χ1v) is 12.8. The number of carboxylic acid groups (broad SMARTS) is 3. The quantitative estimate of drug-likeness (QED) is 0.278. The van der Waals surface area contributed by atoms with Crippen LogP contribution in [0.25, 0.3) is 0 Å². The average Bonchev–Trinajstić information content (AvgIpc) is 3.35. The van der Waals surface area contributed by atoms with E-state index in [0.29, 0.717) is 12.5 Å². The minimum atomic E-state index is -5.08. The topological polar surface area (TPSA) is 159 Å². The summed E-state index contributed by atoms with van der Waals surface area (Å²) in [6, 6.07) is 10.1. The van der Waals surface area contributed by atoms with Crippen LogP contribution in [-0.2, 0) is 37.0 Å². The normalized spacial score (nSPS) is 17.2. The van der Waals surface area contributed by atoms with Crippen molar-refractivity contribution in [1.29, 1.82) is 0 Å². The number of aromatic nitrogens is 2. The molecule has 3 N–H and O–H groups in total. The van der Waals surface area contributed by atoms with E-state index in [-0.39, 0.29) is 5.60 Å². The zero-order valence-corrected chi connectivity index (χ0v) is 23.5. The summed E-state index contributed by atoms with van der Waals surface area (Å²) in [4.78, 5) is 37.6. The average molecular weight is 682 g/mol. The Kier molecular flexibility index (Phi) is 15.3. The summed E-state index contributed by atoms with van der Waals surface area (Å²) >= 11 is 0. The summed E-state index contributed by atoms with van der Waals surface area (Å²) in [6.45, 7) is 5.25. The zero-order chi connectivity index (χ0) is 35.2. The van der Waals surface area contributed by atoms with E-state index in [0.717, 1.165) is 51.4 Å². The Morgan fingerprint density at radius 1 is 0.870 bits per heavy atom. The molecule has 4 rings (SSSR count). The fourth-order valence-corrected chi connectivity index (χ4v) is 4.00. The lowest BCUT2D eigenvalue weighted by Crippen LogP contribution is -2.64. The number of hydrogen-bond donors (Lipinski definition) is 3. The highest BCUT2D eigenvalue weighted by molar-refractivity contribution is 5.73. The molecule has 2 saturated heterocycles. The van der Waals surface area contributed by atoms with Crippen molar-refractivity contribution in [3.05, 3.63) is 60.2 Å². The fourth-order valence-electron chi connectivity index (χ4n) is 4.00. The van der Waals surface area contributed by atoms with Crippen LogP contribution < -0.4 is 0 Å². The number of hydrogen-bond acceptors (Lipinski definition) is 8. The fraction of sp³-hybridized carbons (Fsp3) is 0.500. The molecule has 0 radical (unpaired) electrons. The van der Waals surface area contributed by atoms with E-state index < -0.39 is 36.4 Å². The van der Waals surface area contributed by atoms with E-state index >= 15 is 0 Å². The molecule has 1 unspecified atom stereocenters. The largest absolute Gasteiger partial charge is 0.490 e. The van der Waals surface area contributed by atoms with E-state index in [9.17, 15) is 39.5 Å². The molecular weight excluding hydrogens is 653 g/mol. The van der Waals surface area contributed by atoms with Gasteiger partial charge >= 0.3 is 36.4 Å². The molecule has 1 atom stereocenters. The number of alkyl halides is 9. The van der Waals surface area contributed by atoms with Crippen molar-refractivity contribution >= 4 is 17.9 Å². The van der Waals surface area contributed by atoms with Crippen LogP contribution in [0, 0.1) is 5.92 Å². The highest BCUT2D eigenvalue weighted by atomic mass is 19.4. The van der Waals surface area contributed by atoms with E-state index in [2.05, 4.69) is 20.9 Å². The van der Waals surface area contributed by atoms with Crippen molar-refractivity contribution in [2.45, 2.75) is 50.1 Å². The third-order valence-corrected chi connectivity index (χ3v) is 6.03. The first kappa shape index (κ1) is 40.0. The summed E-state index contributed by atoms with van der Waals surface area (Å²) < 4.78 is 107. The van der Waals surface area contributed by atoms with E-state index in [1.165, 1.54) is 5.56 Å².